The Kier molecular flexibility index (Phi) is 4.26. The molecule has 4 nitrogen and oxygen atoms in total. The predicted octanol–water partition coefficient (Wildman–Crippen LogP) is 3.01. The molecule has 0 aromatic heterocycles. The molecule has 1 aromatic carbocycles. The molecule has 0 saturated heterocycles. The van der Waals surface area contributed by atoms with Crippen molar-refractivity contribution in [3.05, 3.63) is 54.3 Å². The number of hydrogen-bond donors (Lipinski definition) is 1. The van der Waals surface area contributed by atoms with Crippen molar-refractivity contribution in [2.24, 2.45) is 0 Å². The third kappa shape index (κ3) is 3.40. The maximum atomic E-state index is 12.5. The van der Waals surface area contributed by atoms with E-state index in [9.17, 15) is 9.59 Å². The Morgan fingerprint density at radius 2 is 1.86 bits per heavy atom. The van der Waals surface area contributed by atoms with E-state index in [1.807, 2.05) is 37.3 Å². The van der Waals surface area contributed by atoms with Crippen LogP contribution in [0, 0.1) is 6.92 Å². The number of carbonyl (C=O) groups excluding carboxylic acids is 2. The summed E-state index contributed by atoms with van der Waals surface area (Å²) in [4.78, 5) is 26.1. The van der Waals surface area contributed by atoms with Gasteiger partial charge in [0.05, 0.1) is 0 Å². The summed E-state index contributed by atoms with van der Waals surface area (Å²) in [6.07, 6.45) is 7.32. The van der Waals surface area contributed by atoms with Crippen molar-refractivity contribution in [1.29, 1.82) is 0 Å². The summed E-state index contributed by atoms with van der Waals surface area (Å²) in [5.41, 5.74) is 0.900. The average molecular weight is 284 g/mol. The van der Waals surface area contributed by atoms with Crippen LogP contribution >= 0.6 is 0 Å². The van der Waals surface area contributed by atoms with Gasteiger partial charge in [-0.1, -0.05) is 29.8 Å². The number of hydrogen-bond acceptors (Lipinski definition) is 2. The monoisotopic (exact) mass is 284 g/mol. The van der Waals surface area contributed by atoms with Crippen LogP contribution < -0.4 is 5.32 Å². The lowest BCUT2D eigenvalue weighted by Gasteiger charge is -2.34. The fraction of sp³-hybridized carbons (Fsp3) is 0.294. The highest BCUT2D eigenvalue weighted by atomic mass is 16.2. The van der Waals surface area contributed by atoms with E-state index >= 15 is 0 Å². The van der Waals surface area contributed by atoms with Crippen molar-refractivity contribution in [2.45, 2.75) is 32.7 Å². The van der Waals surface area contributed by atoms with Crippen molar-refractivity contribution in [3.8, 4) is 0 Å². The van der Waals surface area contributed by atoms with Gasteiger partial charge in [0.15, 0.2) is 0 Å². The summed E-state index contributed by atoms with van der Waals surface area (Å²) in [6.45, 7) is 5.47. The van der Waals surface area contributed by atoms with Crippen LogP contribution in [0.5, 0.6) is 0 Å². The molecule has 0 aliphatic carbocycles. The van der Waals surface area contributed by atoms with Gasteiger partial charge in [0.1, 0.15) is 5.54 Å². The molecule has 0 unspecified atom stereocenters. The molecule has 1 heterocycles. The fourth-order valence-corrected chi connectivity index (χ4v) is 2.09. The molecule has 1 aliphatic rings. The maximum absolute atomic E-state index is 12.5. The van der Waals surface area contributed by atoms with Crippen LogP contribution in [0.15, 0.2) is 48.7 Å². The molecule has 21 heavy (non-hydrogen) atoms. The quantitative estimate of drug-likeness (QED) is 0.927. The van der Waals surface area contributed by atoms with E-state index in [4.69, 9.17) is 0 Å². The number of allylic oxidation sites excluding steroid dienone is 2. The second kappa shape index (κ2) is 5.95. The zero-order valence-corrected chi connectivity index (χ0v) is 12.6. The minimum Gasteiger partial charge on any atom is -0.324 e. The molecular formula is C17H20N2O2. The summed E-state index contributed by atoms with van der Waals surface area (Å²) >= 11 is 0. The first-order valence-electron chi connectivity index (χ1n) is 6.95. The minimum atomic E-state index is -0.954. The van der Waals surface area contributed by atoms with Crippen molar-refractivity contribution in [2.75, 3.05) is 5.32 Å². The number of benzene rings is 1. The molecule has 0 fully saturated rings. The largest absolute Gasteiger partial charge is 0.324 e. The zero-order valence-electron chi connectivity index (χ0n) is 12.6. The van der Waals surface area contributed by atoms with E-state index in [1.54, 1.807) is 32.2 Å². The van der Waals surface area contributed by atoms with Crippen LogP contribution in [-0.4, -0.2) is 22.3 Å². The first-order valence-corrected chi connectivity index (χ1v) is 6.95. The summed E-state index contributed by atoms with van der Waals surface area (Å²) < 4.78 is 0. The lowest BCUT2D eigenvalue weighted by molar-refractivity contribution is -0.139. The molecule has 0 bridgehead atoms. The summed E-state index contributed by atoms with van der Waals surface area (Å²) in [7, 11) is 0. The van der Waals surface area contributed by atoms with Crippen LogP contribution in [0.1, 0.15) is 25.8 Å². The van der Waals surface area contributed by atoms with Crippen LogP contribution in [0.2, 0.25) is 0 Å². The standard InChI is InChI=1S/C17H20N2O2/c1-13-8-10-14(11-9-13)18-16(21)17(2,3)19-12-6-4-5-7-15(19)20/h4-6,8-12H,7H2,1-3H3,(H,18,21). The summed E-state index contributed by atoms with van der Waals surface area (Å²) in [6, 6.07) is 7.57. The topological polar surface area (TPSA) is 49.4 Å². The summed E-state index contributed by atoms with van der Waals surface area (Å²) in [5, 5.41) is 2.86. The van der Waals surface area contributed by atoms with Crippen molar-refractivity contribution in [3.63, 3.8) is 0 Å². The molecular weight excluding hydrogens is 264 g/mol. The maximum Gasteiger partial charge on any atom is 0.250 e. The van der Waals surface area contributed by atoms with Crippen molar-refractivity contribution < 1.29 is 9.59 Å². The Hall–Kier alpha value is -2.36. The number of anilines is 1. The smallest absolute Gasteiger partial charge is 0.250 e. The van der Waals surface area contributed by atoms with Gasteiger partial charge in [-0.2, -0.15) is 0 Å². The first kappa shape index (κ1) is 15.0. The molecule has 4 heteroatoms. The Labute approximate surface area is 125 Å². The number of nitrogens with zero attached hydrogens (tertiary/aromatic N) is 1. The van der Waals surface area contributed by atoms with Gasteiger partial charge in [-0.15, -0.1) is 0 Å². The molecule has 1 aromatic rings. The third-order valence-corrected chi connectivity index (χ3v) is 3.51. The van der Waals surface area contributed by atoms with E-state index in [2.05, 4.69) is 5.32 Å². The molecule has 0 saturated carbocycles. The molecule has 110 valence electrons. The van der Waals surface area contributed by atoms with Gasteiger partial charge in [0.25, 0.3) is 0 Å². The fourth-order valence-electron chi connectivity index (χ4n) is 2.09. The predicted molar refractivity (Wildman–Crippen MR) is 83.6 cm³/mol. The molecule has 2 amide bonds. The first-order chi connectivity index (χ1) is 9.91. The number of rotatable bonds is 3. The Morgan fingerprint density at radius 3 is 2.52 bits per heavy atom. The van der Waals surface area contributed by atoms with Crippen molar-refractivity contribution in [1.82, 2.24) is 4.90 Å². The highest BCUT2D eigenvalue weighted by Crippen LogP contribution is 2.21. The normalized spacial score (nSPS) is 15.0. The highest BCUT2D eigenvalue weighted by Gasteiger charge is 2.36. The SMILES string of the molecule is Cc1ccc(NC(=O)C(C)(C)N2C=CC=CCC2=O)cc1. The molecule has 0 radical (unpaired) electrons. The van der Waals surface area contributed by atoms with E-state index in [0.717, 1.165) is 11.3 Å². The van der Waals surface area contributed by atoms with E-state index < -0.39 is 5.54 Å². The molecule has 0 atom stereocenters. The lowest BCUT2D eigenvalue weighted by atomic mass is 10.0. The Bertz CT molecular complexity index is 598. The zero-order chi connectivity index (χ0) is 15.5. The lowest BCUT2D eigenvalue weighted by Crippen LogP contribution is -2.52. The van der Waals surface area contributed by atoms with Gasteiger partial charge >= 0.3 is 0 Å². The molecule has 1 N–H and O–H groups in total. The number of aryl methyl sites for hydroxylation is 1. The van der Waals surface area contributed by atoms with Gasteiger partial charge in [-0.05, 0) is 39.0 Å². The van der Waals surface area contributed by atoms with Crippen LogP contribution in [-0.2, 0) is 9.59 Å². The van der Waals surface area contributed by atoms with Gasteiger partial charge in [-0.3, -0.25) is 9.59 Å². The highest BCUT2D eigenvalue weighted by molar-refractivity contribution is 6.00. The minimum absolute atomic E-state index is 0.0935. The van der Waals surface area contributed by atoms with E-state index in [1.165, 1.54) is 4.90 Å². The van der Waals surface area contributed by atoms with Crippen LogP contribution in [0.3, 0.4) is 0 Å². The van der Waals surface area contributed by atoms with Gasteiger partial charge in [0, 0.05) is 18.3 Å². The van der Waals surface area contributed by atoms with E-state index in [-0.39, 0.29) is 11.8 Å². The van der Waals surface area contributed by atoms with E-state index in [0.29, 0.717) is 6.42 Å². The number of carbonyl (C=O) groups is 2. The second-order valence-corrected chi connectivity index (χ2v) is 5.62. The van der Waals surface area contributed by atoms with Crippen LogP contribution in [0.4, 0.5) is 5.69 Å². The number of nitrogens with one attached hydrogen (secondary N) is 1. The molecule has 0 spiro atoms. The molecule has 1 aliphatic heterocycles. The summed E-state index contributed by atoms with van der Waals surface area (Å²) in [5.74, 6) is -0.310. The van der Waals surface area contributed by atoms with Crippen LogP contribution in [0.25, 0.3) is 0 Å². The second-order valence-electron chi connectivity index (χ2n) is 5.62. The van der Waals surface area contributed by atoms with Crippen molar-refractivity contribution >= 4 is 17.5 Å². The third-order valence-electron chi connectivity index (χ3n) is 3.51. The Morgan fingerprint density at radius 1 is 1.19 bits per heavy atom. The Balaban J connectivity index is 2.16. The average Bonchev–Trinajstić information content (AvgIpc) is 2.66. The van der Waals surface area contributed by atoms with Gasteiger partial charge in [-0.25, -0.2) is 0 Å². The van der Waals surface area contributed by atoms with Gasteiger partial charge < -0.3 is 10.2 Å². The van der Waals surface area contributed by atoms with Gasteiger partial charge in [0.2, 0.25) is 11.8 Å². The number of amides is 2. The molecule has 2 rings (SSSR count).